The number of anilines is 1. The van der Waals surface area contributed by atoms with Crippen LogP contribution >= 0.6 is 31.9 Å². The lowest BCUT2D eigenvalue weighted by Gasteiger charge is -2.22. The van der Waals surface area contributed by atoms with E-state index in [0.717, 1.165) is 26.9 Å². The van der Waals surface area contributed by atoms with Crippen molar-refractivity contribution in [3.8, 4) is 5.75 Å². The molecule has 0 aliphatic rings. The van der Waals surface area contributed by atoms with Crippen LogP contribution < -0.4 is 4.90 Å². The SMILES string of the molecule is CN(C)c1ccc(C(c2ccccc2)c2cc(Br)cc(Br)c2O)cc1. The zero-order chi connectivity index (χ0) is 18.0. The number of hydrogen-bond acceptors (Lipinski definition) is 2. The maximum Gasteiger partial charge on any atom is 0.133 e. The van der Waals surface area contributed by atoms with Crippen LogP contribution in [0.2, 0.25) is 0 Å². The summed E-state index contributed by atoms with van der Waals surface area (Å²) >= 11 is 7.00. The molecule has 0 fully saturated rings. The molecule has 0 spiro atoms. The van der Waals surface area contributed by atoms with Gasteiger partial charge in [-0.15, -0.1) is 0 Å². The fourth-order valence-corrected chi connectivity index (χ4v) is 4.23. The number of phenols is 1. The average Bonchev–Trinajstić information content (AvgIpc) is 2.60. The molecule has 1 unspecified atom stereocenters. The van der Waals surface area contributed by atoms with Crippen molar-refractivity contribution in [2.45, 2.75) is 5.92 Å². The number of benzene rings is 3. The first kappa shape index (κ1) is 18.0. The maximum atomic E-state index is 10.7. The lowest BCUT2D eigenvalue weighted by atomic mass is 9.84. The van der Waals surface area contributed by atoms with E-state index in [1.54, 1.807) is 0 Å². The fourth-order valence-electron chi connectivity index (χ4n) is 2.97. The quantitative estimate of drug-likeness (QED) is 0.471. The first-order valence-electron chi connectivity index (χ1n) is 7.97. The molecule has 0 bridgehead atoms. The van der Waals surface area contributed by atoms with Gasteiger partial charge in [-0.2, -0.15) is 0 Å². The Morgan fingerprint density at radius 3 is 2.04 bits per heavy atom. The zero-order valence-corrected chi connectivity index (χ0v) is 17.3. The van der Waals surface area contributed by atoms with Gasteiger partial charge in [-0.05, 0) is 51.3 Å². The molecule has 1 N–H and O–H groups in total. The van der Waals surface area contributed by atoms with Gasteiger partial charge >= 0.3 is 0 Å². The third kappa shape index (κ3) is 3.91. The second-order valence-electron chi connectivity index (χ2n) is 6.16. The molecule has 0 saturated carbocycles. The van der Waals surface area contributed by atoms with Crippen molar-refractivity contribution >= 4 is 37.5 Å². The van der Waals surface area contributed by atoms with Crippen molar-refractivity contribution in [3.05, 3.63) is 92.4 Å². The van der Waals surface area contributed by atoms with E-state index in [-0.39, 0.29) is 11.7 Å². The van der Waals surface area contributed by atoms with Crippen LogP contribution in [0.5, 0.6) is 5.75 Å². The Balaban J connectivity index is 2.18. The highest BCUT2D eigenvalue weighted by atomic mass is 79.9. The summed E-state index contributed by atoms with van der Waals surface area (Å²) in [7, 11) is 4.06. The standard InChI is InChI=1S/C21H19Br2NO/c1-24(2)17-10-8-15(9-11-17)20(14-6-4-3-5-7-14)18-12-16(22)13-19(23)21(18)25/h3-13,20,25H,1-2H3. The van der Waals surface area contributed by atoms with Crippen LogP contribution in [-0.2, 0) is 0 Å². The molecular formula is C21H19Br2NO. The summed E-state index contributed by atoms with van der Waals surface area (Å²) in [5.74, 6) is 0.222. The third-order valence-electron chi connectivity index (χ3n) is 4.24. The van der Waals surface area contributed by atoms with Gasteiger partial charge in [0.05, 0.1) is 4.47 Å². The van der Waals surface area contributed by atoms with Crippen molar-refractivity contribution < 1.29 is 5.11 Å². The molecule has 3 aromatic rings. The fraction of sp³-hybridized carbons (Fsp3) is 0.143. The van der Waals surface area contributed by atoms with Gasteiger partial charge in [-0.1, -0.05) is 58.4 Å². The number of nitrogens with zero attached hydrogens (tertiary/aromatic N) is 1. The zero-order valence-electron chi connectivity index (χ0n) is 14.1. The first-order chi connectivity index (χ1) is 12.0. The molecule has 0 amide bonds. The number of rotatable bonds is 4. The Kier molecular flexibility index (Phi) is 5.50. The summed E-state index contributed by atoms with van der Waals surface area (Å²) in [5, 5.41) is 10.7. The van der Waals surface area contributed by atoms with Crippen LogP contribution in [0.15, 0.2) is 75.7 Å². The van der Waals surface area contributed by atoms with Gasteiger partial charge in [-0.3, -0.25) is 0 Å². The van der Waals surface area contributed by atoms with Gasteiger partial charge in [0.2, 0.25) is 0 Å². The second kappa shape index (κ2) is 7.63. The highest BCUT2D eigenvalue weighted by Crippen LogP contribution is 2.42. The molecule has 25 heavy (non-hydrogen) atoms. The summed E-state index contributed by atoms with van der Waals surface area (Å²) in [6.45, 7) is 0. The predicted octanol–water partition coefficient (Wildman–Crippen LogP) is 6.16. The molecule has 2 nitrogen and oxygen atoms in total. The summed E-state index contributed by atoms with van der Waals surface area (Å²) in [6.07, 6.45) is 0. The normalized spacial score (nSPS) is 12.0. The molecule has 128 valence electrons. The second-order valence-corrected chi connectivity index (χ2v) is 7.93. The third-order valence-corrected chi connectivity index (χ3v) is 5.31. The summed E-state index contributed by atoms with van der Waals surface area (Å²) in [5.41, 5.74) is 4.29. The Morgan fingerprint density at radius 1 is 0.840 bits per heavy atom. The van der Waals surface area contributed by atoms with Gasteiger partial charge in [0.15, 0.2) is 0 Å². The molecule has 0 aliphatic heterocycles. The van der Waals surface area contributed by atoms with Crippen molar-refractivity contribution in [1.29, 1.82) is 0 Å². The van der Waals surface area contributed by atoms with Crippen LogP contribution in [0.4, 0.5) is 5.69 Å². The van der Waals surface area contributed by atoms with Crippen molar-refractivity contribution in [2.24, 2.45) is 0 Å². The molecule has 1 atom stereocenters. The number of aromatic hydroxyl groups is 1. The maximum absolute atomic E-state index is 10.7. The molecule has 0 heterocycles. The van der Waals surface area contributed by atoms with Crippen LogP contribution in [0.25, 0.3) is 0 Å². The van der Waals surface area contributed by atoms with Gasteiger partial charge in [0, 0.05) is 35.7 Å². The molecule has 0 saturated heterocycles. The molecule has 0 radical (unpaired) electrons. The van der Waals surface area contributed by atoms with E-state index in [4.69, 9.17) is 0 Å². The van der Waals surface area contributed by atoms with Gasteiger partial charge in [0.1, 0.15) is 5.75 Å². The number of phenolic OH excluding ortho intramolecular Hbond substituents is 1. The van der Waals surface area contributed by atoms with E-state index < -0.39 is 0 Å². The topological polar surface area (TPSA) is 23.5 Å². The van der Waals surface area contributed by atoms with E-state index in [1.165, 1.54) is 0 Å². The Bertz CT molecular complexity index is 861. The van der Waals surface area contributed by atoms with Crippen LogP contribution in [-0.4, -0.2) is 19.2 Å². The summed E-state index contributed by atoms with van der Waals surface area (Å²) in [4.78, 5) is 2.08. The monoisotopic (exact) mass is 459 g/mol. The number of hydrogen-bond donors (Lipinski definition) is 1. The smallest absolute Gasteiger partial charge is 0.133 e. The first-order valence-corrected chi connectivity index (χ1v) is 9.56. The highest BCUT2D eigenvalue weighted by Gasteiger charge is 2.22. The Hall–Kier alpha value is -1.78. The van der Waals surface area contributed by atoms with Gasteiger partial charge in [0.25, 0.3) is 0 Å². The predicted molar refractivity (Wildman–Crippen MR) is 112 cm³/mol. The van der Waals surface area contributed by atoms with E-state index >= 15 is 0 Å². The van der Waals surface area contributed by atoms with E-state index in [0.29, 0.717) is 4.47 Å². The van der Waals surface area contributed by atoms with Gasteiger partial charge < -0.3 is 10.0 Å². The molecule has 4 heteroatoms. The van der Waals surface area contributed by atoms with Crippen LogP contribution in [0.1, 0.15) is 22.6 Å². The molecule has 0 aliphatic carbocycles. The molecule has 3 rings (SSSR count). The van der Waals surface area contributed by atoms with Crippen LogP contribution in [0.3, 0.4) is 0 Å². The van der Waals surface area contributed by atoms with Crippen molar-refractivity contribution in [1.82, 2.24) is 0 Å². The lowest BCUT2D eigenvalue weighted by molar-refractivity contribution is 0.463. The van der Waals surface area contributed by atoms with E-state index in [2.05, 4.69) is 73.2 Å². The Labute approximate surface area is 165 Å². The Morgan fingerprint density at radius 2 is 1.44 bits per heavy atom. The van der Waals surface area contributed by atoms with E-state index in [9.17, 15) is 5.11 Å². The highest BCUT2D eigenvalue weighted by molar-refractivity contribution is 9.11. The summed E-state index contributed by atoms with van der Waals surface area (Å²) < 4.78 is 1.61. The lowest BCUT2D eigenvalue weighted by Crippen LogP contribution is -2.09. The molecular weight excluding hydrogens is 442 g/mol. The van der Waals surface area contributed by atoms with Crippen molar-refractivity contribution in [2.75, 3.05) is 19.0 Å². The van der Waals surface area contributed by atoms with Crippen LogP contribution in [0, 0.1) is 0 Å². The molecule has 0 aromatic heterocycles. The minimum Gasteiger partial charge on any atom is -0.506 e. The number of halogens is 2. The minimum atomic E-state index is -0.0498. The van der Waals surface area contributed by atoms with Gasteiger partial charge in [-0.25, -0.2) is 0 Å². The largest absolute Gasteiger partial charge is 0.506 e. The van der Waals surface area contributed by atoms with Crippen molar-refractivity contribution in [3.63, 3.8) is 0 Å². The molecule has 3 aromatic carbocycles. The summed E-state index contributed by atoms with van der Waals surface area (Å²) in [6, 6.07) is 22.6. The average molecular weight is 461 g/mol. The minimum absolute atomic E-state index is 0.0498. The van der Waals surface area contributed by atoms with E-state index in [1.807, 2.05) is 44.4 Å².